The average molecular weight is 262 g/mol. The molecule has 2 aromatic carbocycles. The zero-order valence-electron chi connectivity index (χ0n) is 10.1. The van der Waals surface area contributed by atoms with Gasteiger partial charge in [0.25, 0.3) is 0 Å². The third kappa shape index (κ3) is 3.03. The van der Waals surface area contributed by atoms with Crippen LogP contribution in [-0.4, -0.2) is 29.5 Å². The minimum Gasteiger partial charge on any atom is -0.377 e. The molecule has 18 heavy (non-hydrogen) atoms. The fraction of sp³-hybridized carbons (Fsp3) is 0.214. The van der Waals surface area contributed by atoms with Gasteiger partial charge in [0.1, 0.15) is 6.61 Å². The van der Waals surface area contributed by atoms with Gasteiger partial charge < -0.3 is 4.74 Å². The van der Waals surface area contributed by atoms with Crippen molar-refractivity contribution in [1.82, 2.24) is 0 Å². The first-order chi connectivity index (χ1) is 8.70. The van der Waals surface area contributed by atoms with E-state index in [1.54, 1.807) is 6.07 Å². The van der Waals surface area contributed by atoms with Crippen LogP contribution in [0.1, 0.15) is 0 Å². The highest BCUT2D eigenvalue weighted by Gasteiger charge is 2.10. The van der Waals surface area contributed by atoms with Crippen LogP contribution in [0.4, 0.5) is 0 Å². The SMILES string of the molecule is COCC(=O)CS(=O)c1ccc2ccccc2c1. The molecule has 3 nitrogen and oxygen atoms in total. The Morgan fingerprint density at radius 1 is 1.17 bits per heavy atom. The number of rotatable bonds is 5. The van der Waals surface area contributed by atoms with Gasteiger partial charge >= 0.3 is 0 Å². The Hall–Kier alpha value is -1.52. The van der Waals surface area contributed by atoms with Crippen molar-refractivity contribution < 1.29 is 13.7 Å². The van der Waals surface area contributed by atoms with Gasteiger partial charge in [-0.3, -0.25) is 9.00 Å². The Kier molecular flexibility index (Phi) is 4.23. The van der Waals surface area contributed by atoms with Gasteiger partial charge in [0.05, 0.1) is 16.6 Å². The molecule has 2 aromatic rings. The van der Waals surface area contributed by atoms with Gasteiger partial charge in [-0.2, -0.15) is 0 Å². The molecular weight excluding hydrogens is 248 g/mol. The molecule has 0 radical (unpaired) electrons. The van der Waals surface area contributed by atoms with Crippen LogP contribution < -0.4 is 0 Å². The van der Waals surface area contributed by atoms with Crippen molar-refractivity contribution in [3.8, 4) is 0 Å². The third-order valence-electron chi connectivity index (χ3n) is 2.58. The van der Waals surface area contributed by atoms with Crippen molar-refractivity contribution >= 4 is 27.4 Å². The number of hydrogen-bond donors (Lipinski definition) is 0. The van der Waals surface area contributed by atoms with E-state index < -0.39 is 10.8 Å². The summed E-state index contributed by atoms with van der Waals surface area (Å²) in [7, 11) is 0.155. The molecule has 0 aliphatic heterocycles. The topological polar surface area (TPSA) is 43.4 Å². The molecule has 4 heteroatoms. The maximum absolute atomic E-state index is 12.0. The largest absolute Gasteiger partial charge is 0.377 e. The minimum atomic E-state index is -1.30. The first-order valence-electron chi connectivity index (χ1n) is 5.58. The van der Waals surface area contributed by atoms with E-state index in [9.17, 15) is 9.00 Å². The van der Waals surface area contributed by atoms with Gasteiger partial charge in [0.15, 0.2) is 5.78 Å². The van der Waals surface area contributed by atoms with Crippen molar-refractivity contribution in [1.29, 1.82) is 0 Å². The van der Waals surface area contributed by atoms with E-state index in [2.05, 4.69) is 0 Å². The van der Waals surface area contributed by atoms with Gasteiger partial charge in [-0.15, -0.1) is 0 Å². The highest BCUT2D eigenvalue weighted by molar-refractivity contribution is 7.85. The quantitative estimate of drug-likeness (QED) is 0.829. The number of benzene rings is 2. The lowest BCUT2D eigenvalue weighted by molar-refractivity contribution is -0.120. The van der Waals surface area contributed by atoms with Gasteiger partial charge in [0, 0.05) is 12.0 Å². The van der Waals surface area contributed by atoms with Crippen molar-refractivity contribution in [2.45, 2.75) is 4.90 Å². The summed E-state index contributed by atoms with van der Waals surface area (Å²) in [6.45, 7) is 0.0132. The van der Waals surface area contributed by atoms with Crippen LogP contribution in [0.5, 0.6) is 0 Å². The standard InChI is InChI=1S/C14H14O3S/c1-17-9-13(15)10-18(16)14-7-6-11-4-2-3-5-12(11)8-14/h2-8H,9-10H2,1H3. The molecule has 1 unspecified atom stereocenters. The molecule has 0 saturated carbocycles. The monoisotopic (exact) mass is 262 g/mol. The van der Waals surface area contributed by atoms with E-state index in [0.717, 1.165) is 10.8 Å². The number of hydrogen-bond acceptors (Lipinski definition) is 3. The van der Waals surface area contributed by atoms with Gasteiger partial charge in [-0.25, -0.2) is 0 Å². The lowest BCUT2D eigenvalue weighted by Crippen LogP contribution is -2.15. The normalized spacial score (nSPS) is 12.5. The van der Waals surface area contributed by atoms with E-state index in [0.29, 0.717) is 4.90 Å². The van der Waals surface area contributed by atoms with Crippen LogP contribution in [0, 0.1) is 0 Å². The summed E-state index contributed by atoms with van der Waals surface area (Å²) in [5.74, 6) is -0.143. The van der Waals surface area contributed by atoms with Crippen LogP contribution in [0.15, 0.2) is 47.4 Å². The second kappa shape index (κ2) is 5.89. The summed E-state index contributed by atoms with van der Waals surface area (Å²) in [5, 5.41) is 2.13. The summed E-state index contributed by atoms with van der Waals surface area (Å²) in [6, 6.07) is 13.4. The Morgan fingerprint density at radius 3 is 2.61 bits per heavy atom. The second-order valence-corrected chi connectivity index (χ2v) is 5.42. The maximum atomic E-state index is 12.0. The highest BCUT2D eigenvalue weighted by atomic mass is 32.2. The average Bonchev–Trinajstić information content (AvgIpc) is 2.38. The molecule has 0 bridgehead atoms. The minimum absolute atomic E-state index is 0.00613. The molecule has 0 aliphatic rings. The lowest BCUT2D eigenvalue weighted by atomic mass is 10.1. The predicted octanol–water partition coefficient (Wildman–Crippen LogP) is 2.16. The summed E-state index contributed by atoms with van der Waals surface area (Å²) in [6.07, 6.45) is 0. The zero-order chi connectivity index (χ0) is 13.0. The third-order valence-corrected chi connectivity index (χ3v) is 3.95. The highest BCUT2D eigenvalue weighted by Crippen LogP contribution is 2.18. The summed E-state index contributed by atoms with van der Waals surface area (Å²) in [5.41, 5.74) is 0. The number of fused-ring (bicyclic) bond motifs is 1. The Morgan fingerprint density at radius 2 is 1.89 bits per heavy atom. The number of Topliss-reactive ketones (excluding diaryl/α,β-unsaturated/α-hetero) is 1. The molecular formula is C14H14O3S. The summed E-state index contributed by atoms with van der Waals surface area (Å²) in [4.78, 5) is 12.1. The predicted molar refractivity (Wildman–Crippen MR) is 72.1 cm³/mol. The van der Waals surface area contributed by atoms with E-state index in [1.807, 2.05) is 36.4 Å². The van der Waals surface area contributed by atoms with E-state index >= 15 is 0 Å². The van der Waals surface area contributed by atoms with Crippen LogP contribution >= 0.6 is 0 Å². The fourth-order valence-corrected chi connectivity index (χ4v) is 2.76. The summed E-state index contributed by atoms with van der Waals surface area (Å²) >= 11 is 0. The molecule has 0 N–H and O–H groups in total. The van der Waals surface area contributed by atoms with Crippen molar-refractivity contribution in [3.63, 3.8) is 0 Å². The zero-order valence-corrected chi connectivity index (χ0v) is 10.9. The van der Waals surface area contributed by atoms with Gasteiger partial charge in [0.2, 0.25) is 0 Å². The number of ether oxygens (including phenoxy) is 1. The molecule has 0 saturated heterocycles. The van der Waals surface area contributed by atoms with Crippen LogP contribution in [-0.2, 0) is 20.3 Å². The molecule has 0 amide bonds. The smallest absolute Gasteiger partial charge is 0.171 e. The van der Waals surface area contributed by atoms with Crippen molar-refractivity contribution in [2.24, 2.45) is 0 Å². The van der Waals surface area contributed by atoms with E-state index in [-0.39, 0.29) is 18.1 Å². The Bertz CT molecular complexity index is 592. The molecule has 0 aromatic heterocycles. The lowest BCUT2D eigenvalue weighted by Gasteiger charge is -2.03. The Balaban J connectivity index is 2.20. The van der Waals surface area contributed by atoms with Gasteiger partial charge in [-0.05, 0) is 22.9 Å². The van der Waals surface area contributed by atoms with Crippen molar-refractivity contribution in [2.75, 3.05) is 19.5 Å². The van der Waals surface area contributed by atoms with E-state index in [4.69, 9.17) is 4.74 Å². The van der Waals surface area contributed by atoms with E-state index in [1.165, 1.54) is 7.11 Å². The first-order valence-corrected chi connectivity index (χ1v) is 6.90. The Labute approximate surface area is 108 Å². The van der Waals surface area contributed by atoms with Gasteiger partial charge in [-0.1, -0.05) is 30.3 Å². The molecule has 0 spiro atoms. The van der Waals surface area contributed by atoms with Crippen LogP contribution in [0.3, 0.4) is 0 Å². The fourth-order valence-electron chi connectivity index (χ4n) is 1.74. The van der Waals surface area contributed by atoms with Crippen molar-refractivity contribution in [3.05, 3.63) is 42.5 Å². The summed E-state index contributed by atoms with van der Waals surface area (Å²) < 4.78 is 16.7. The molecule has 94 valence electrons. The molecule has 0 heterocycles. The number of ketones is 1. The van der Waals surface area contributed by atoms with Crippen LogP contribution in [0.25, 0.3) is 10.8 Å². The van der Waals surface area contributed by atoms with Crippen LogP contribution in [0.2, 0.25) is 0 Å². The number of carbonyl (C=O) groups is 1. The molecule has 1 atom stereocenters. The first kappa shape index (κ1) is 12.9. The second-order valence-electron chi connectivity index (χ2n) is 3.97. The molecule has 2 rings (SSSR count). The molecule has 0 aliphatic carbocycles. The number of carbonyl (C=O) groups excluding carboxylic acids is 1. The maximum Gasteiger partial charge on any atom is 0.171 e. The number of methoxy groups -OCH3 is 1. The molecule has 0 fully saturated rings.